The van der Waals surface area contributed by atoms with Crippen molar-refractivity contribution in [3.63, 3.8) is 0 Å². The van der Waals surface area contributed by atoms with Crippen molar-refractivity contribution in [2.45, 2.75) is 0 Å². The molecule has 4 heterocycles. The highest BCUT2D eigenvalue weighted by molar-refractivity contribution is 6.00. The Balaban J connectivity index is 1.38. The zero-order valence-electron chi connectivity index (χ0n) is 19.6. The molecule has 0 saturated heterocycles. The van der Waals surface area contributed by atoms with E-state index in [1.165, 1.54) is 0 Å². The van der Waals surface area contributed by atoms with Gasteiger partial charge < -0.3 is 9.32 Å². The van der Waals surface area contributed by atoms with Crippen LogP contribution in [0.5, 0.6) is 0 Å². The first-order chi connectivity index (χ1) is 18.2. The Morgan fingerprint density at radius 1 is 0.703 bits per heavy atom. The van der Waals surface area contributed by atoms with Gasteiger partial charge in [0.25, 0.3) is 0 Å². The highest BCUT2D eigenvalue weighted by Gasteiger charge is 2.20. The van der Waals surface area contributed by atoms with Crippen LogP contribution >= 0.6 is 0 Å². The molecule has 1 N–H and O–H groups in total. The maximum atomic E-state index is 8.58. The number of nitrogens with zero attached hydrogens (tertiary/aromatic N) is 4. The van der Waals surface area contributed by atoms with E-state index in [-0.39, 0.29) is 5.62 Å². The first-order valence-electron chi connectivity index (χ1n) is 12.1. The van der Waals surface area contributed by atoms with Gasteiger partial charge in [0.05, 0.1) is 27.8 Å². The second-order valence-corrected chi connectivity index (χ2v) is 9.17. The molecule has 0 spiro atoms. The summed E-state index contributed by atoms with van der Waals surface area (Å²) in [5.74, 6) is 0. The molecule has 0 saturated carbocycles. The third kappa shape index (κ3) is 2.90. The molecule has 0 amide bonds. The molecule has 37 heavy (non-hydrogen) atoms. The molecule has 0 bridgehead atoms. The summed E-state index contributed by atoms with van der Waals surface area (Å²) in [6.45, 7) is 0. The molecule has 174 valence electrons. The third-order valence-electron chi connectivity index (χ3n) is 7.01. The van der Waals surface area contributed by atoms with Crippen molar-refractivity contribution in [3.8, 4) is 0 Å². The second-order valence-electron chi connectivity index (χ2n) is 9.17. The van der Waals surface area contributed by atoms with Crippen LogP contribution in [-0.4, -0.2) is 14.4 Å². The van der Waals surface area contributed by atoms with Gasteiger partial charge in [-0.15, -0.1) is 0 Å². The first kappa shape index (κ1) is 20.0. The lowest BCUT2D eigenvalue weighted by Crippen LogP contribution is -2.16. The van der Waals surface area contributed by atoms with Crippen LogP contribution in [0.3, 0.4) is 0 Å². The van der Waals surface area contributed by atoms with Crippen LogP contribution < -0.4 is 10.5 Å². The number of benzene rings is 4. The van der Waals surface area contributed by atoms with E-state index in [1.807, 2.05) is 30.3 Å². The largest absolute Gasteiger partial charge is 0.437 e. The molecule has 0 unspecified atom stereocenters. The molecule has 7 aromatic rings. The molecule has 1 aliphatic rings. The zero-order chi connectivity index (χ0) is 24.5. The average Bonchev–Trinajstić information content (AvgIpc) is 3.24. The number of hydrogen-bond donors (Lipinski definition) is 1. The SMILES string of the molecule is N=c1nc2oc3cc(N4c5ccccc5C=Cc5ccccc54)ccc3cc2c2nc3ccccc3n12. The van der Waals surface area contributed by atoms with Gasteiger partial charge in [-0.3, -0.25) is 9.81 Å². The van der Waals surface area contributed by atoms with Gasteiger partial charge in [0.2, 0.25) is 11.3 Å². The maximum absolute atomic E-state index is 8.58. The minimum atomic E-state index is 0.0944. The zero-order valence-corrected chi connectivity index (χ0v) is 19.6. The summed E-state index contributed by atoms with van der Waals surface area (Å²) in [5, 5.41) is 10.3. The summed E-state index contributed by atoms with van der Waals surface area (Å²) in [4.78, 5) is 11.6. The fourth-order valence-electron chi connectivity index (χ4n) is 5.31. The van der Waals surface area contributed by atoms with Gasteiger partial charge in [0.1, 0.15) is 5.58 Å². The molecule has 6 heteroatoms. The van der Waals surface area contributed by atoms with Crippen LogP contribution in [-0.2, 0) is 0 Å². The van der Waals surface area contributed by atoms with Crippen molar-refractivity contribution in [2.24, 2.45) is 0 Å². The van der Waals surface area contributed by atoms with Crippen LogP contribution in [0.4, 0.5) is 17.1 Å². The van der Waals surface area contributed by atoms with Gasteiger partial charge in [-0.1, -0.05) is 60.7 Å². The Hall–Kier alpha value is -5.23. The van der Waals surface area contributed by atoms with Crippen molar-refractivity contribution >= 4 is 68.0 Å². The fraction of sp³-hybridized carbons (Fsp3) is 0. The van der Waals surface area contributed by atoms with Crippen molar-refractivity contribution in [2.75, 3.05) is 4.90 Å². The predicted octanol–water partition coefficient (Wildman–Crippen LogP) is 7.21. The predicted molar refractivity (Wildman–Crippen MR) is 147 cm³/mol. The number of hydrogen-bond acceptors (Lipinski definition) is 5. The minimum Gasteiger partial charge on any atom is -0.437 e. The van der Waals surface area contributed by atoms with Crippen molar-refractivity contribution < 1.29 is 4.42 Å². The summed E-state index contributed by atoms with van der Waals surface area (Å²) in [7, 11) is 0. The van der Waals surface area contributed by atoms with Gasteiger partial charge in [0.15, 0.2) is 5.65 Å². The van der Waals surface area contributed by atoms with E-state index in [0.717, 1.165) is 50.0 Å². The molecule has 0 fully saturated rings. The number of aromatic nitrogens is 3. The Labute approximate surface area is 210 Å². The third-order valence-corrected chi connectivity index (χ3v) is 7.01. The number of nitrogens with one attached hydrogen (secondary N) is 1. The summed E-state index contributed by atoms with van der Waals surface area (Å²) < 4.78 is 8.11. The lowest BCUT2D eigenvalue weighted by molar-refractivity contribution is 0.639. The first-order valence-corrected chi connectivity index (χ1v) is 12.1. The van der Waals surface area contributed by atoms with Crippen molar-refractivity contribution in [1.82, 2.24) is 14.4 Å². The topological polar surface area (TPSA) is 70.4 Å². The number of fused-ring (bicyclic) bond motifs is 8. The van der Waals surface area contributed by atoms with Gasteiger partial charge in [-0.25, -0.2) is 4.98 Å². The monoisotopic (exact) mass is 477 g/mol. The van der Waals surface area contributed by atoms with Crippen molar-refractivity contribution in [3.05, 3.63) is 114 Å². The molecule has 1 aliphatic heterocycles. The van der Waals surface area contributed by atoms with E-state index in [2.05, 4.69) is 88.8 Å². The number of imidazole rings is 1. The van der Waals surface area contributed by atoms with Crippen LogP contribution in [0.15, 0.2) is 101 Å². The lowest BCUT2D eigenvalue weighted by Gasteiger charge is -2.27. The number of para-hydroxylation sites is 4. The molecular formula is C31H19N5O. The molecule has 6 nitrogen and oxygen atoms in total. The minimum absolute atomic E-state index is 0.0944. The van der Waals surface area contributed by atoms with Gasteiger partial charge in [-0.2, -0.15) is 4.98 Å². The Morgan fingerprint density at radius 2 is 1.41 bits per heavy atom. The Kier molecular flexibility index (Phi) is 3.99. The standard InChI is InChI=1S/C31H19N5O/c32-31-34-30-23(29-33-24-9-3-6-12-27(24)36(29)31)17-21-15-16-22(18-28(21)37-30)35-25-10-4-1-7-19(25)13-14-20-8-2-5-11-26(20)35/h1-18,32H. The molecule has 0 atom stereocenters. The summed E-state index contributed by atoms with van der Waals surface area (Å²) in [5.41, 5.74) is 9.02. The molecular weight excluding hydrogens is 458 g/mol. The Morgan fingerprint density at radius 3 is 2.19 bits per heavy atom. The summed E-state index contributed by atoms with van der Waals surface area (Å²) in [6, 6.07) is 32.9. The quantitative estimate of drug-likeness (QED) is 0.254. The molecule has 8 rings (SSSR count). The van der Waals surface area contributed by atoms with Crippen LogP contribution in [0.25, 0.3) is 50.9 Å². The van der Waals surface area contributed by atoms with Crippen LogP contribution in [0, 0.1) is 5.41 Å². The van der Waals surface area contributed by atoms with E-state index >= 15 is 0 Å². The van der Waals surface area contributed by atoms with Gasteiger partial charge in [-0.05, 0) is 53.6 Å². The average molecular weight is 478 g/mol. The maximum Gasteiger partial charge on any atom is 0.233 e. The molecule has 3 aromatic heterocycles. The fourth-order valence-corrected chi connectivity index (χ4v) is 5.31. The van der Waals surface area contributed by atoms with Gasteiger partial charge in [0, 0.05) is 17.1 Å². The highest BCUT2D eigenvalue weighted by Crippen LogP contribution is 2.42. The smallest absolute Gasteiger partial charge is 0.233 e. The van der Waals surface area contributed by atoms with Crippen LogP contribution in [0.1, 0.15) is 11.1 Å². The summed E-state index contributed by atoms with van der Waals surface area (Å²) in [6.07, 6.45) is 4.32. The second kappa shape index (κ2) is 7.38. The Bertz CT molecular complexity index is 2090. The van der Waals surface area contributed by atoms with Crippen molar-refractivity contribution in [1.29, 1.82) is 5.41 Å². The van der Waals surface area contributed by atoms with E-state index in [9.17, 15) is 0 Å². The van der Waals surface area contributed by atoms with Gasteiger partial charge >= 0.3 is 0 Å². The van der Waals surface area contributed by atoms with E-state index in [4.69, 9.17) is 14.8 Å². The highest BCUT2D eigenvalue weighted by atomic mass is 16.3. The summed E-state index contributed by atoms with van der Waals surface area (Å²) >= 11 is 0. The molecule has 4 aromatic carbocycles. The number of rotatable bonds is 1. The lowest BCUT2D eigenvalue weighted by atomic mass is 10.1. The van der Waals surface area contributed by atoms with E-state index in [0.29, 0.717) is 16.9 Å². The van der Waals surface area contributed by atoms with E-state index < -0.39 is 0 Å². The number of anilines is 3. The van der Waals surface area contributed by atoms with E-state index in [1.54, 1.807) is 4.40 Å². The normalized spacial score (nSPS) is 12.8. The van der Waals surface area contributed by atoms with Crippen LogP contribution in [0.2, 0.25) is 0 Å². The molecule has 0 radical (unpaired) electrons. The molecule has 0 aliphatic carbocycles.